The quantitative estimate of drug-likeness (QED) is 0.292. The van der Waals surface area contributed by atoms with Gasteiger partial charge >= 0.3 is 0 Å². The summed E-state index contributed by atoms with van der Waals surface area (Å²) >= 11 is 0. The molecule has 0 aliphatic carbocycles. The monoisotopic (exact) mass is 535 g/mol. The molecule has 4 rings (SSSR count). The number of hydrogen-bond acceptors (Lipinski definition) is 7. The van der Waals surface area contributed by atoms with Crippen LogP contribution in [0.2, 0.25) is 0 Å². The summed E-state index contributed by atoms with van der Waals surface area (Å²) in [4.78, 5) is 17.3. The molecule has 4 aromatic rings. The molecule has 0 unspecified atom stereocenters. The molecule has 0 atom stereocenters. The summed E-state index contributed by atoms with van der Waals surface area (Å²) in [6, 6.07) is 8.85. The summed E-state index contributed by atoms with van der Waals surface area (Å²) in [5.74, 6) is -3.81. The number of primary sulfonamides is 1. The first-order chi connectivity index (χ1) is 16.9. The minimum absolute atomic E-state index is 0.0865. The predicted octanol–water partition coefficient (Wildman–Crippen LogP) is 2.93. The van der Waals surface area contributed by atoms with Gasteiger partial charge in [0.2, 0.25) is 25.8 Å². The van der Waals surface area contributed by atoms with Crippen LogP contribution >= 0.6 is 0 Å². The van der Waals surface area contributed by atoms with E-state index in [2.05, 4.69) is 15.2 Å². The number of aromatic nitrogens is 3. The fourth-order valence-electron chi connectivity index (χ4n) is 3.50. The zero-order valence-electron chi connectivity index (χ0n) is 18.6. The van der Waals surface area contributed by atoms with Crippen LogP contribution in [-0.4, -0.2) is 43.6 Å². The molecular formula is C22H19F2N5O5S2. The van der Waals surface area contributed by atoms with Gasteiger partial charge in [-0.2, -0.15) is 5.10 Å². The molecule has 2 heterocycles. The molecule has 2 aromatic heterocycles. The van der Waals surface area contributed by atoms with Gasteiger partial charge in [0.15, 0.2) is 11.5 Å². The summed E-state index contributed by atoms with van der Waals surface area (Å²) < 4.78 is 78.3. The van der Waals surface area contributed by atoms with E-state index in [0.29, 0.717) is 11.1 Å². The maximum atomic E-state index is 15.1. The molecule has 188 valence electrons. The standard InChI is InChI=1S/C22H19F2N5O5S2/c1-2-9-35(31,32)29-20-17(23)8-7-15(18(20)24)21(30)19-16-10-13(11-26-22(16)28-27-19)12-3-5-14(6-4-12)36(25,33)34/h3-8,10-11,29H,2,9H2,1H3,(H2,25,33,34)(H,26,27,28). The van der Waals surface area contributed by atoms with Gasteiger partial charge in [-0.05, 0) is 42.3 Å². The topological polar surface area (TPSA) is 165 Å². The number of benzene rings is 2. The highest BCUT2D eigenvalue weighted by atomic mass is 32.2. The van der Waals surface area contributed by atoms with Crippen LogP contribution in [0.5, 0.6) is 0 Å². The number of hydrogen-bond donors (Lipinski definition) is 3. The lowest BCUT2D eigenvalue weighted by atomic mass is 10.0. The number of ketones is 1. The Balaban J connectivity index is 1.75. The normalized spacial score (nSPS) is 12.1. The number of carbonyl (C=O) groups is 1. The molecule has 4 N–H and O–H groups in total. The van der Waals surface area contributed by atoms with Crippen LogP contribution < -0.4 is 9.86 Å². The summed E-state index contributed by atoms with van der Waals surface area (Å²) in [5, 5.41) is 11.8. The molecule has 0 saturated carbocycles. The molecule has 14 heteroatoms. The number of pyridine rings is 1. The van der Waals surface area contributed by atoms with Gasteiger partial charge in [-0.25, -0.2) is 35.7 Å². The average Bonchev–Trinajstić information content (AvgIpc) is 3.24. The molecule has 10 nitrogen and oxygen atoms in total. The highest BCUT2D eigenvalue weighted by Gasteiger charge is 2.25. The van der Waals surface area contributed by atoms with E-state index >= 15 is 4.39 Å². The fourth-order valence-corrected chi connectivity index (χ4v) is 5.15. The van der Waals surface area contributed by atoms with E-state index in [0.717, 1.165) is 12.1 Å². The van der Waals surface area contributed by atoms with Gasteiger partial charge in [0.25, 0.3) is 0 Å². The Kier molecular flexibility index (Phi) is 6.60. The summed E-state index contributed by atoms with van der Waals surface area (Å²) in [6.07, 6.45) is 1.67. The number of carbonyl (C=O) groups excluding carboxylic acids is 1. The lowest BCUT2D eigenvalue weighted by Gasteiger charge is -2.11. The van der Waals surface area contributed by atoms with Crippen molar-refractivity contribution in [3.8, 4) is 11.1 Å². The van der Waals surface area contributed by atoms with Crippen molar-refractivity contribution in [2.45, 2.75) is 18.2 Å². The largest absolute Gasteiger partial charge is 0.287 e. The van der Waals surface area contributed by atoms with Crippen LogP contribution in [0.15, 0.2) is 53.6 Å². The SMILES string of the molecule is CCCS(=O)(=O)Nc1c(F)ccc(C(=O)c2[nH]nc3ncc(-c4ccc(S(N)(=O)=O)cc4)cc23)c1F. The zero-order valence-corrected chi connectivity index (χ0v) is 20.3. The molecular weight excluding hydrogens is 516 g/mol. The van der Waals surface area contributed by atoms with E-state index in [1.807, 2.05) is 4.72 Å². The van der Waals surface area contributed by atoms with Crippen LogP contribution in [0, 0.1) is 11.6 Å². The first-order valence-electron chi connectivity index (χ1n) is 10.4. The molecule has 0 amide bonds. The van der Waals surface area contributed by atoms with E-state index in [9.17, 15) is 26.0 Å². The van der Waals surface area contributed by atoms with E-state index < -0.39 is 48.7 Å². The van der Waals surface area contributed by atoms with Crippen molar-refractivity contribution in [2.75, 3.05) is 10.5 Å². The number of sulfonamides is 2. The Morgan fingerprint density at radius 1 is 1.06 bits per heavy atom. The maximum Gasteiger partial charge on any atom is 0.238 e. The summed E-state index contributed by atoms with van der Waals surface area (Å²) in [6.45, 7) is 1.59. The number of rotatable bonds is 8. The molecule has 0 radical (unpaired) electrons. The number of aromatic amines is 1. The third kappa shape index (κ3) is 4.96. The smallest absolute Gasteiger partial charge is 0.238 e. The summed E-state index contributed by atoms with van der Waals surface area (Å²) in [7, 11) is -7.91. The Hall–Kier alpha value is -3.75. The number of nitrogens with zero attached hydrogens (tertiary/aromatic N) is 2. The lowest BCUT2D eigenvalue weighted by molar-refractivity contribution is 0.103. The van der Waals surface area contributed by atoms with Crippen molar-refractivity contribution in [3.05, 3.63) is 71.6 Å². The first-order valence-corrected chi connectivity index (χ1v) is 13.6. The molecule has 0 aliphatic heterocycles. The lowest BCUT2D eigenvalue weighted by Crippen LogP contribution is -2.19. The van der Waals surface area contributed by atoms with Gasteiger partial charge in [0.05, 0.1) is 21.6 Å². The van der Waals surface area contributed by atoms with Crippen molar-refractivity contribution in [1.29, 1.82) is 0 Å². The van der Waals surface area contributed by atoms with Crippen molar-refractivity contribution < 1.29 is 30.4 Å². The van der Waals surface area contributed by atoms with Crippen molar-refractivity contribution in [1.82, 2.24) is 15.2 Å². The minimum Gasteiger partial charge on any atom is -0.287 e. The highest BCUT2D eigenvalue weighted by molar-refractivity contribution is 7.92. The van der Waals surface area contributed by atoms with Crippen LogP contribution in [0.25, 0.3) is 22.2 Å². The first kappa shape index (κ1) is 25.3. The Bertz CT molecular complexity index is 1700. The Morgan fingerprint density at radius 2 is 1.75 bits per heavy atom. The average molecular weight is 536 g/mol. The van der Waals surface area contributed by atoms with Gasteiger partial charge in [-0.15, -0.1) is 0 Å². The van der Waals surface area contributed by atoms with E-state index in [1.165, 1.54) is 36.5 Å². The second kappa shape index (κ2) is 9.37. The number of H-pyrrole nitrogens is 1. The van der Waals surface area contributed by atoms with Crippen molar-refractivity contribution in [2.24, 2.45) is 5.14 Å². The van der Waals surface area contributed by atoms with Crippen LogP contribution in [0.1, 0.15) is 29.4 Å². The van der Waals surface area contributed by atoms with E-state index in [-0.39, 0.29) is 33.8 Å². The zero-order chi connectivity index (χ0) is 26.3. The van der Waals surface area contributed by atoms with Crippen LogP contribution in [0.4, 0.5) is 14.5 Å². The van der Waals surface area contributed by atoms with Gasteiger partial charge < -0.3 is 0 Å². The Labute approximate surface area is 204 Å². The molecule has 36 heavy (non-hydrogen) atoms. The van der Waals surface area contributed by atoms with E-state index in [1.54, 1.807) is 6.92 Å². The molecule has 0 aliphatic rings. The third-order valence-electron chi connectivity index (χ3n) is 5.22. The van der Waals surface area contributed by atoms with E-state index in [4.69, 9.17) is 5.14 Å². The van der Waals surface area contributed by atoms with Gasteiger partial charge in [0, 0.05) is 11.8 Å². The fraction of sp³-hybridized carbons (Fsp3) is 0.136. The Morgan fingerprint density at radius 3 is 2.39 bits per heavy atom. The van der Waals surface area contributed by atoms with Crippen molar-refractivity contribution in [3.63, 3.8) is 0 Å². The number of nitrogens with two attached hydrogens (primary N) is 1. The van der Waals surface area contributed by atoms with Crippen LogP contribution in [0.3, 0.4) is 0 Å². The highest BCUT2D eigenvalue weighted by Crippen LogP contribution is 2.29. The van der Waals surface area contributed by atoms with Gasteiger partial charge in [-0.1, -0.05) is 19.1 Å². The number of fused-ring (bicyclic) bond motifs is 1. The molecule has 0 bridgehead atoms. The predicted molar refractivity (Wildman–Crippen MR) is 128 cm³/mol. The molecule has 2 aromatic carbocycles. The summed E-state index contributed by atoms with van der Waals surface area (Å²) in [5.41, 5.74) is -0.516. The molecule has 0 spiro atoms. The number of anilines is 1. The molecule has 0 saturated heterocycles. The minimum atomic E-state index is -4.03. The second-order valence-corrected chi connectivity index (χ2v) is 11.2. The van der Waals surface area contributed by atoms with Gasteiger partial charge in [0.1, 0.15) is 17.2 Å². The third-order valence-corrected chi connectivity index (χ3v) is 7.61. The van der Waals surface area contributed by atoms with Gasteiger partial charge in [-0.3, -0.25) is 14.6 Å². The number of halogens is 2. The maximum absolute atomic E-state index is 15.1. The second-order valence-electron chi connectivity index (χ2n) is 7.80. The van der Waals surface area contributed by atoms with Crippen molar-refractivity contribution >= 4 is 42.6 Å². The van der Waals surface area contributed by atoms with Crippen LogP contribution in [-0.2, 0) is 20.0 Å². The number of nitrogens with one attached hydrogen (secondary N) is 2. The molecule has 0 fully saturated rings.